The smallest absolute Gasteiger partial charge is 0.0433 e. The van der Waals surface area contributed by atoms with Crippen molar-refractivity contribution in [3.63, 3.8) is 0 Å². The topological polar surface area (TPSA) is 3.24 Å². The highest BCUT2D eigenvalue weighted by atomic mass is 15.1. The third kappa shape index (κ3) is 4.15. The van der Waals surface area contributed by atoms with Crippen molar-refractivity contribution < 1.29 is 0 Å². The first kappa shape index (κ1) is 13.0. The molecule has 0 saturated heterocycles. The molecular weight excluding hydrogens is 206 g/mol. The third-order valence-electron chi connectivity index (χ3n) is 2.47. The van der Waals surface area contributed by atoms with Crippen molar-refractivity contribution in [1.82, 2.24) is 4.90 Å². The van der Waals surface area contributed by atoms with E-state index in [0.717, 1.165) is 17.8 Å². The van der Waals surface area contributed by atoms with Crippen LogP contribution in [-0.4, -0.2) is 18.5 Å². The molecule has 1 heterocycles. The lowest BCUT2D eigenvalue weighted by atomic mass is 10.1. The summed E-state index contributed by atoms with van der Waals surface area (Å²) in [5, 5.41) is 0. The van der Waals surface area contributed by atoms with E-state index in [1.807, 2.05) is 61.7 Å². The van der Waals surface area contributed by atoms with Crippen molar-refractivity contribution in [3.05, 3.63) is 85.2 Å². The number of nitrogens with zero attached hydrogens (tertiary/aromatic N) is 1. The van der Waals surface area contributed by atoms with E-state index >= 15 is 0 Å². The van der Waals surface area contributed by atoms with Crippen LogP contribution in [0.25, 0.3) is 0 Å². The minimum atomic E-state index is 0.848. The molecule has 0 fully saturated rings. The minimum absolute atomic E-state index is 0.848. The monoisotopic (exact) mass is 225 g/mol. The molecule has 0 spiro atoms. The molecule has 0 aliphatic carbocycles. The summed E-state index contributed by atoms with van der Waals surface area (Å²) in [5.74, 6) is 0. The summed E-state index contributed by atoms with van der Waals surface area (Å²) < 4.78 is 0. The molecule has 1 aliphatic heterocycles. The van der Waals surface area contributed by atoms with Gasteiger partial charge in [-0.1, -0.05) is 67.8 Å². The normalized spacial score (nSPS) is 28.4. The van der Waals surface area contributed by atoms with Crippen LogP contribution in [0.4, 0.5) is 0 Å². The van der Waals surface area contributed by atoms with Gasteiger partial charge in [-0.15, -0.1) is 0 Å². The first-order chi connectivity index (χ1) is 8.29. The molecule has 17 heavy (non-hydrogen) atoms. The van der Waals surface area contributed by atoms with Crippen LogP contribution in [0.1, 0.15) is 0 Å². The van der Waals surface area contributed by atoms with Crippen molar-refractivity contribution in [3.8, 4) is 0 Å². The molecule has 0 radical (unpaired) electrons. The highest BCUT2D eigenvalue weighted by Crippen LogP contribution is 2.13. The summed E-state index contributed by atoms with van der Waals surface area (Å²) in [5.41, 5.74) is 2.16. The van der Waals surface area contributed by atoms with Crippen LogP contribution in [0, 0.1) is 0 Å². The van der Waals surface area contributed by atoms with Crippen LogP contribution in [0.5, 0.6) is 0 Å². The number of hydrogen-bond donors (Lipinski definition) is 0. The van der Waals surface area contributed by atoms with Gasteiger partial charge in [0.1, 0.15) is 0 Å². The van der Waals surface area contributed by atoms with Crippen molar-refractivity contribution in [1.29, 1.82) is 0 Å². The Morgan fingerprint density at radius 3 is 2.29 bits per heavy atom. The van der Waals surface area contributed by atoms with E-state index in [1.54, 1.807) is 0 Å². The molecule has 0 amide bonds. The van der Waals surface area contributed by atoms with Crippen LogP contribution in [0.3, 0.4) is 0 Å². The molecule has 88 valence electrons. The number of rotatable bonds is 2. The van der Waals surface area contributed by atoms with Crippen molar-refractivity contribution >= 4 is 0 Å². The Morgan fingerprint density at radius 1 is 1.00 bits per heavy atom. The molecule has 0 aromatic rings. The Bertz CT molecular complexity index is 417. The molecule has 1 nitrogen and oxygen atoms in total. The summed E-state index contributed by atoms with van der Waals surface area (Å²) in [7, 11) is 2.05. The zero-order valence-corrected chi connectivity index (χ0v) is 10.3. The maximum atomic E-state index is 3.86. The van der Waals surface area contributed by atoms with Gasteiger partial charge < -0.3 is 4.90 Å². The zero-order valence-electron chi connectivity index (χ0n) is 10.3. The molecule has 0 unspecified atom stereocenters. The van der Waals surface area contributed by atoms with Crippen LogP contribution < -0.4 is 0 Å². The number of likely N-dealkylation sites (N-methyl/N-ethyl adjacent to an activating group) is 1. The highest BCUT2D eigenvalue weighted by Gasteiger charge is 2.02. The van der Waals surface area contributed by atoms with Gasteiger partial charge in [0.25, 0.3) is 0 Å². The SMILES string of the molecule is C=CC1=C(/C=C)N(C)C/C=C/C=C\C=C\C=C/1. The average Bonchev–Trinajstić information content (AvgIpc) is 2.33. The maximum absolute atomic E-state index is 3.86. The standard InChI is InChI=1S/C16H19N/c1-4-15-13-11-9-7-6-8-10-12-14-17(3)16(15)5-2/h4-13H,1-2,14H2,3H3/b8-6-,9-7+,12-10+,13-11-,16-15-. The van der Waals surface area contributed by atoms with E-state index in [-0.39, 0.29) is 0 Å². The predicted octanol–water partition coefficient (Wildman–Crippen LogP) is 3.78. The van der Waals surface area contributed by atoms with E-state index in [4.69, 9.17) is 0 Å². The molecule has 1 heteroatoms. The van der Waals surface area contributed by atoms with E-state index < -0.39 is 0 Å². The van der Waals surface area contributed by atoms with Gasteiger partial charge in [-0.25, -0.2) is 0 Å². The van der Waals surface area contributed by atoms with E-state index in [1.165, 1.54) is 0 Å². The Morgan fingerprint density at radius 2 is 1.65 bits per heavy atom. The Balaban J connectivity index is 3.13. The molecule has 0 bridgehead atoms. The highest BCUT2D eigenvalue weighted by molar-refractivity contribution is 5.40. The molecule has 1 rings (SSSR count). The van der Waals surface area contributed by atoms with Gasteiger partial charge in [0.15, 0.2) is 0 Å². The molecule has 0 saturated carbocycles. The number of hydrogen-bond acceptors (Lipinski definition) is 1. The fourth-order valence-electron chi connectivity index (χ4n) is 1.56. The number of allylic oxidation sites excluding steroid dienone is 10. The molecule has 1 aliphatic rings. The summed E-state index contributed by atoms with van der Waals surface area (Å²) >= 11 is 0. The maximum Gasteiger partial charge on any atom is 0.0433 e. The largest absolute Gasteiger partial charge is 0.370 e. The second-order valence-corrected chi connectivity index (χ2v) is 3.69. The van der Waals surface area contributed by atoms with Crippen molar-refractivity contribution in [2.45, 2.75) is 0 Å². The first-order valence-corrected chi connectivity index (χ1v) is 5.66. The Kier molecular flexibility index (Phi) is 5.59. The van der Waals surface area contributed by atoms with Crippen LogP contribution in [-0.2, 0) is 0 Å². The quantitative estimate of drug-likeness (QED) is 0.691. The predicted molar refractivity (Wildman–Crippen MR) is 76.6 cm³/mol. The van der Waals surface area contributed by atoms with Crippen molar-refractivity contribution in [2.24, 2.45) is 0 Å². The van der Waals surface area contributed by atoms with Gasteiger partial charge in [-0.3, -0.25) is 0 Å². The minimum Gasteiger partial charge on any atom is -0.370 e. The van der Waals surface area contributed by atoms with Gasteiger partial charge in [-0.05, 0) is 11.6 Å². The summed E-state index contributed by atoms with van der Waals surface area (Å²) in [6.45, 7) is 8.56. The lowest BCUT2D eigenvalue weighted by Gasteiger charge is -2.20. The van der Waals surface area contributed by atoms with Crippen LogP contribution >= 0.6 is 0 Å². The van der Waals surface area contributed by atoms with Crippen LogP contribution in [0.15, 0.2) is 85.2 Å². The second kappa shape index (κ2) is 7.29. The molecule has 0 aromatic carbocycles. The molecule has 0 N–H and O–H groups in total. The van der Waals surface area contributed by atoms with Gasteiger partial charge in [-0.2, -0.15) is 0 Å². The lowest BCUT2D eigenvalue weighted by molar-refractivity contribution is 0.477. The van der Waals surface area contributed by atoms with Gasteiger partial charge in [0, 0.05) is 19.3 Å². The third-order valence-corrected chi connectivity index (χ3v) is 2.47. The summed E-state index contributed by atoms with van der Waals surface area (Å²) in [6.07, 6.45) is 19.9. The second-order valence-electron chi connectivity index (χ2n) is 3.69. The summed E-state index contributed by atoms with van der Waals surface area (Å²) in [4.78, 5) is 2.14. The Hall–Kier alpha value is -2.02. The zero-order chi connectivity index (χ0) is 12.5. The lowest BCUT2D eigenvalue weighted by Crippen LogP contribution is -2.17. The average molecular weight is 225 g/mol. The van der Waals surface area contributed by atoms with Gasteiger partial charge >= 0.3 is 0 Å². The Labute approximate surface area is 104 Å². The van der Waals surface area contributed by atoms with E-state index in [9.17, 15) is 0 Å². The molecule has 0 atom stereocenters. The van der Waals surface area contributed by atoms with Gasteiger partial charge in [0.2, 0.25) is 0 Å². The molecular formula is C16H19N. The van der Waals surface area contributed by atoms with Crippen LogP contribution in [0.2, 0.25) is 0 Å². The van der Waals surface area contributed by atoms with Crippen molar-refractivity contribution in [2.75, 3.05) is 13.6 Å². The summed E-state index contributed by atoms with van der Waals surface area (Å²) in [6, 6.07) is 0. The fraction of sp³-hybridized carbons (Fsp3) is 0.125. The fourth-order valence-corrected chi connectivity index (χ4v) is 1.56. The first-order valence-electron chi connectivity index (χ1n) is 5.66. The van der Waals surface area contributed by atoms with E-state index in [0.29, 0.717) is 0 Å². The van der Waals surface area contributed by atoms with Gasteiger partial charge in [0.05, 0.1) is 0 Å². The molecule has 0 aromatic heterocycles. The van der Waals surface area contributed by atoms with E-state index in [2.05, 4.69) is 24.1 Å².